The molecular weight excluding hydrogens is 314 g/mol. The quantitative estimate of drug-likeness (QED) is 0.821. The van der Waals surface area contributed by atoms with Crippen molar-refractivity contribution in [3.63, 3.8) is 0 Å². The van der Waals surface area contributed by atoms with Gasteiger partial charge in [0.05, 0.1) is 6.20 Å². The summed E-state index contributed by atoms with van der Waals surface area (Å²) >= 11 is 1.68. The molecule has 0 bridgehead atoms. The highest BCUT2D eigenvalue weighted by atomic mass is 32.1. The number of aryl methyl sites for hydroxylation is 1. The maximum absolute atomic E-state index is 12.0. The molecule has 0 radical (unpaired) electrons. The van der Waals surface area contributed by atoms with Gasteiger partial charge < -0.3 is 10.1 Å². The van der Waals surface area contributed by atoms with Crippen molar-refractivity contribution in [1.29, 1.82) is 0 Å². The third-order valence-electron chi connectivity index (χ3n) is 3.25. The zero-order valence-electron chi connectivity index (χ0n) is 13.8. The molecule has 0 saturated heterocycles. The summed E-state index contributed by atoms with van der Waals surface area (Å²) < 4.78 is 6.78. The summed E-state index contributed by atoms with van der Waals surface area (Å²) in [5.41, 5.74) is -0.0638. The number of rotatable bonds is 6. The second kappa shape index (κ2) is 6.95. The highest BCUT2D eigenvalue weighted by molar-refractivity contribution is 7.15. The van der Waals surface area contributed by atoms with Crippen molar-refractivity contribution < 1.29 is 14.3 Å². The number of nitrogens with zero attached hydrogens (tertiary/aromatic N) is 2. The van der Waals surface area contributed by atoms with Crippen LogP contribution in [0.5, 0.6) is 0 Å². The van der Waals surface area contributed by atoms with Crippen LogP contribution in [0, 0.1) is 0 Å². The van der Waals surface area contributed by atoms with Crippen LogP contribution in [0.15, 0.2) is 24.5 Å². The fraction of sp³-hybridized carbons (Fsp3) is 0.438. The smallest absolute Gasteiger partial charge is 0.303 e. The van der Waals surface area contributed by atoms with Crippen molar-refractivity contribution in [2.75, 3.05) is 6.54 Å². The molecule has 1 N–H and O–H groups in total. The number of nitrogens with one attached hydrogen (secondary N) is 1. The minimum absolute atomic E-state index is 0.295. The average Bonchev–Trinajstić information content (AvgIpc) is 3.06. The Labute approximate surface area is 139 Å². The lowest BCUT2D eigenvalue weighted by molar-refractivity contribution is -0.162. The summed E-state index contributed by atoms with van der Waals surface area (Å²) in [6.45, 7) is 4.95. The molecule has 2 rings (SSSR count). The highest BCUT2D eigenvalue weighted by Crippen LogP contribution is 2.27. The van der Waals surface area contributed by atoms with Crippen LogP contribution in [-0.4, -0.2) is 33.8 Å². The van der Waals surface area contributed by atoms with Gasteiger partial charge in [-0.15, -0.1) is 11.3 Å². The van der Waals surface area contributed by atoms with Crippen LogP contribution in [0.25, 0.3) is 10.4 Å². The predicted octanol–water partition coefficient (Wildman–Crippen LogP) is 2.15. The molecule has 0 unspecified atom stereocenters. The average molecular weight is 335 g/mol. The van der Waals surface area contributed by atoms with Crippen LogP contribution in [0.2, 0.25) is 0 Å². The molecule has 0 aliphatic carbocycles. The summed E-state index contributed by atoms with van der Waals surface area (Å²) in [4.78, 5) is 25.3. The fourth-order valence-corrected chi connectivity index (χ4v) is 3.12. The van der Waals surface area contributed by atoms with Crippen LogP contribution in [-0.2, 0) is 27.8 Å². The SMILES string of the molecule is CC(=O)OC(C)(C)C(=O)NCCc1ccc(-c2cnn(C)c2)s1. The Morgan fingerprint density at radius 1 is 1.39 bits per heavy atom. The van der Waals surface area contributed by atoms with E-state index in [2.05, 4.69) is 22.5 Å². The highest BCUT2D eigenvalue weighted by Gasteiger charge is 2.30. The maximum atomic E-state index is 12.0. The van der Waals surface area contributed by atoms with Gasteiger partial charge in [0.2, 0.25) is 0 Å². The van der Waals surface area contributed by atoms with Gasteiger partial charge in [0.25, 0.3) is 5.91 Å². The Bertz CT molecular complexity index is 703. The van der Waals surface area contributed by atoms with Gasteiger partial charge in [0.1, 0.15) is 0 Å². The first-order valence-electron chi connectivity index (χ1n) is 7.33. The van der Waals surface area contributed by atoms with Crippen molar-refractivity contribution in [2.24, 2.45) is 7.05 Å². The van der Waals surface area contributed by atoms with Crippen LogP contribution in [0.4, 0.5) is 0 Å². The third kappa shape index (κ3) is 4.66. The largest absolute Gasteiger partial charge is 0.450 e. The monoisotopic (exact) mass is 335 g/mol. The van der Waals surface area contributed by atoms with Gasteiger partial charge in [-0.2, -0.15) is 5.10 Å². The van der Waals surface area contributed by atoms with Crippen LogP contribution < -0.4 is 5.32 Å². The number of ether oxygens (including phenoxy) is 1. The number of hydrogen-bond acceptors (Lipinski definition) is 5. The van der Waals surface area contributed by atoms with Gasteiger partial charge >= 0.3 is 5.97 Å². The lowest BCUT2D eigenvalue weighted by atomic mass is 10.1. The Morgan fingerprint density at radius 2 is 2.13 bits per heavy atom. The standard InChI is InChI=1S/C16H21N3O3S/c1-11(20)22-16(2,3)15(21)17-8-7-13-5-6-14(23-13)12-9-18-19(4)10-12/h5-6,9-10H,7-8H2,1-4H3,(H,17,21). The normalized spacial score (nSPS) is 11.3. The second-order valence-electron chi connectivity index (χ2n) is 5.78. The van der Waals surface area contributed by atoms with Gasteiger partial charge in [0, 0.05) is 42.0 Å². The summed E-state index contributed by atoms with van der Waals surface area (Å²) in [6.07, 6.45) is 4.53. The second-order valence-corrected chi connectivity index (χ2v) is 6.95. The zero-order valence-corrected chi connectivity index (χ0v) is 14.6. The zero-order chi connectivity index (χ0) is 17.0. The van der Waals surface area contributed by atoms with E-state index in [-0.39, 0.29) is 5.91 Å². The lowest BCUT2D eigenvalue weighted by Crippen LogP contribution is -2.45. The Morgan fingerprint density at radius 3 is 2.74 bits per heavy atom. The molecule has 1 amide bonds. The molecule has 0 atom stereocenters. The third-order valence-corrected chi connectivity index (χ3v) is 4.45. The van der Waals surface area contributed by atoms with Gasteiger partial charge in [-0.1, -0.05) is 0 Å². The number of esters is 1. The molecule has 23 heavy (non-hydrogen) atoms. The van der Waals surface area contributed by atoms with E-state index in [1.807, 2.05) is 19.4 Å². The Balaban J connectivity index is 1.86. The van der Waals surface area contributed by atoms with Crippen molar-refractivity contribution in [1.82, 2.24) is 15.1 Å². The summed E-state index contributed by atoms with van der Waals surface area (Å²) in [5.74, 6) is -0.763. The molecule has 124 valence electrons. The van der Waals surface area contributed by atoms with Gasteiger partial charge in [0.15, 0.2) is 5.60 Å². The van der Waals surface area contributed by atoms with E-state index >= 15 is 0 Å². The molecule has 7 heteroatoms. The van der Waals surface area contributed by atoms with Crippen LogP contribution in [0.1, 0.15) is 25.6 Å². The Hall–Kier alpha value is -2.15. The molecule has 0 saturated carbocycles. The number of carbonyl (C=O) groups excluding carboxylic acids is 2. The molecule has 6 nitrogen and oxygen atoms in total. The summed E-state index contributed by atoms with van der Waals surface area (Å²) in [5, 5.41) is 6.97. The van der Waals surface area contributed by atoms with Crippen molar-refractivity contribution in [2.45, 2.75) is 32.8 Å². The molecule has 0 aromatic carbocycles. The van der Waals surface area contributed by atoms with E-state index in [1.54, 1.807) is 29.9 Å². The van der Waals surface area contributed by atoms with Gasteiger partial charge in [-0.25, -0.2) is 0 Å². The van der Waals surface area contributed by atoms with Gasteiger partial charge in [-0.05, 0) is 32.4 Å². The predicted molar refractivity (Wildman–Crippen MR) is 89.1 cm³/mol. The van der Waals surface area contributed by atoms with E-state index in [4.69, 9.17) is 4.74 Å². The van der Waals surface area contributed by atoms with Crippen LogP contribution in [0.3, 0.4) is 0 Å². The molecule has 0 aliphatic rings. The van der Waals surface area contributed by atoms with Crippen LogP contribution >= 0.6 is 11.3 Å². The Kier molecular flexibility index (Phi) is 5.20. The molecule has 0 spiro atoms. The molecule has 0 aliphatic heterocycles. The molecule has 2 aromatic heterocycles. The van der Waals surface area contributed by atoms with E-state index in [1.165, 1.54) is 11.8 Å². The number of thiophene rings is 1. The lowest BCUT2D eigenvalue weighted by Gasteiger charge is -2.23. The first-order chi connectivity index (χ1) is 10.8. The van der Waals surface area contributed by atoms with E-state index in [9.17, 15) is 9.59 Å². The first kappa shape index (κ1) is 17.2. The van der Waals surface area contributed by atoms with Crippen molar-refractivity contribution in [3.8, 4) is 10.4 Å². The van der Waals surface area contributed by atoms with Gasteiger partial charge in [-0.3, -0.25) is 14.3 Å². The first-order valence-corrected chi connectivity index (χ1v) is 8.15. The van der Waals surface area contributed by atoms with E-state index < -0.39 is 11.6 Å². The number of aromatic nitrogens is 2. The fourth-order valence-electron chi connectivity index (χ4n) is 2.13. The minimum atomic E-state index is -1.15. The maximum Gasteiger partial charge on any atom is 0.303 e. The van der Waals surface area contributed by atoms with E-state index in [0.29, 0.717) is 6.54 Å². The molecule has 0 fully saturated rings. The number of carbonyl (C=O) groups is 2. The molecule has 2 aromatic rings. The molecule has 2 heterocycles. The topological polar surface area (TPSA) is 73.2 Å². The minimum Gasteiger partial charge on any atom is -0.450 e. The summed E-state index contributed by atoms with van der Waals surface area (Å²) in [7, 11) is 1.89. The van der Waals surface area contributed by atoms with Crippen molar-refractivity contribution >= 4 is 23.2 Å². The van der Waals surface area contributed by atoms with E-state index in [0.717, 1.165) is 16.9 Å². The number of hydrogen-bond donors (Lipinski definition) is 1. The van der Waals surface area contributed by atoms with Crippen molar-refractivity contribution in [3.05, 3.63) is 29.4 Å². The molecular formula is C16H21N3O3S. The summed E-state index contributed by atoms with van der Waals surface area (Å²) in [6, 6.07) is 4.11. The number of amides is 1.